The fourth-order valence-corrected chi connectivity index (χ4v) is 1.59. The average molecular weight is 229 g/mol. The van der Waals surface area contributed by atoms with E-state index in [1.165, 1.54) is 0 Å². The summed E-state index contributed by atoms with van der Waals surface area (Å²) in [5, 5.41) is 14.0. The smallest absolute Gasteiger partial charge is 0.230 e. The number of nitrogens with two attached hydrogens (primary N) is 1. The molecule has 16 heavy (non-hydrogen) atoms. The molecule has 2 unspecified atom stereocenters. The molecule has 0 aromatic rings. The third kappa shape index (κ3) is 3.69. The van der Waals surface area contributed by atoms with Crippen molar-refractivity contribution < 1.29 is 14.7 Å². The Morgan fingerprint density at radius 3 is 3.06 bits per heavy atom. The van der Waals surface area contributed by atoms with Gasteiger partial charge < -0.3 is 21.0 Å². The number of nitrogens with zero attached hydrogens (tertiary/aromatic N) is 1. The first kappa shape index (κ1) is 12.8. The number of carbonyl (C=O) groups excluding carboxylic acids is 1. The molecule has 1 amide bonds. The number of amidine groups is 1. The maximum Gasteiger partial charge on any atom is 0.230 e. The predicted octanol–water partition coefficient (Wildman–Crippen LogP) is -0.0883. The van der Waals surface area contributed by atoms with Gasteiger partial charge in [-0.1, -0.05) is 5.16 Å². The van der Waals surface area contributed by atoms with Crippen LogP contribution in [0.2, 0.25) is 0 Å². The van der Waals surface area contributed by atoms with Crippen LogP contribution in [0.1, 0.15) is 19.8 Å². The van der Waals surface area contributed by atoms with Gasteiger partial charge in [0.1, 0.15) is 0 Å². The van der Waals surface area contributed by atoms with Crippen LogP contribution in [0.3, 0.4) is 0 Å². The molecule has 1 heterocycles. The Labute approximate surface area is 94.8 Å². The number of hydrogen-bond acceptors (Lipinski definition) is 4. The number of carbonyl (C=O) groups is 1. The van der Waals surface area contributed by atoms with Crippen LogP contribution in [-0.4, -0.2) is 36.7 Å². The van der Waals surface area contributed by atoms with Gasteiger partial charge >= 0.3 is 0 Å². The van der Waals surface area contributed by atoms with Crippen molar-refractivity contribution >= 4 is 11.7 Å². The van der Waals surface area contributed by atoms with E-state index in [4.69, 9.17) is 15.7 Å². The fraction of sp³-hybridized carbons (Fsp3) is 0.800. The zero-order valence-corrected chi connectivity index (χ0v) is 9.48. The summed E-state index contributed by atoms with van der Waals surface area (Å²) in [6.07, 6.45) is 2.11. The zero-order valence-electron chi connectivity index (χ0n) is 9.48. The number of nitrogens with one attached hydrogen (secondary N) is 1. The first-order chi connectivity index (χ1) is 7.65. The molecule has 92 valence electrons. The molecular formula is C10H19N3O3. The van der Waals surface area contributed by atoms with Gasteiger partial charge in [-0.2, -0.15) is 0 Å². The minimum Gasteiger partial charge on any atom is -0.409 e. The Morgan fingerprint density at radius 2 is 2.50 bits per heavy atom. The zero-order chi connectivity index (χ0) is 12.0. The van der Waals surface area contributed by atoms with Crippen LogP contribution in [-0.2, 0) is 9.53 Å². The van der Waals surface area contributed by atoms with Crippen LogP contribution < -0.4 is 11.1 Å². The van der Waals surface area contributed by atoms with Gasteiger partial charge in [-0.05, 0) is 25.7 Å². The molecule has 6 heteroatoms. The normalized spacial score (nSPS) is 23.8. The number of ether oxygens (including phenoxy) is 1. The van der Waals surface area contributed by atoms with Crippen molar-refractivity contribution in [2.75, 3.05) is 19.8 Å². The highest BCUT2D eigenvalue weighted by Gasteiger charge is 2.20. The van der Waals surface area contributed by atoms with E-state index in [-0.39, 0.29) is 11.7 Å². The maximum atomic E-state index is 11.6. The topological polar surface area (TPSA) is 96.9 Å². The monoisotopic (exact) mass is 229 g/mol. The van der Waals surface area contributed by atoms with Crippen molar-refractivity contribution in [2.24, 2.45) is 22.7 Å². The number of amides is 1. The minimum atomic E-state index is -0.602. The number of hydrogen-bond donors (Lipinski definition) is 3. The number of oxime groups is 1. The van der Waals surface area contributed by atoms with Crippen LogP contribution in [0.5, 0.6) is 0 Å². The van der Waals surface area contributed by atoms with Gasteiger partial charge in [-0.15, -0.1) is 0 Å². The van der Waals surface area contributed by atoms with Crippen LogP contribution >= 0.6 is 0 Å². The van der Waals surface area contributed by atoms with Crippen molar-refractivity contribution in [1.29, 1.82) is 0 Å². The summed E-state index contributed by atoms with van der Waals surface area (Å²) in [4.78, 5) is 11.6. The Bertz CT molecular complexity index is 262. The summed E-state index contributed by atoms with van der Waals surface area (Å²) < 4.78 is 5.30. The summed E-state index contributed by atoms with van der Waals surface area (Å²) in [6.45, 7) is 3.69. The first-order valence-electron chi connectivity index (χ1n) is 5.48. The lowest BCUT2D eigenvalue weighted by molar-refractivity contribution is -0.123. The highest BCUT2D eigenvalue weighted by Crippen LogP contribution is 2.12. The van der Waals surface area contributed by atoms with Gasteiger partial charge in [0, 0.05) is 13.2 Å². The fourth-order valence-electron chi connectivity index (χ4n) is 1.59. The second-order valence-corrected chi connectivity index (χ2v) is 4.07. The number of rotatable bonds is 4. The highest BCUT2D eigenvalue weighted by atomic mass is 16.5. The molecule has 0 saturated carbocycles. The lowest BCUT2D eigenvalue weighted by Gasteiger charge is -2.22. The van der Waals surface area contributed by atoms with Crippen molar-refractivity contribution in [1.82, 2.24) is 5.32 Å². The van der Waals surface area contributed by atoms with Crippen molar-refractivity contribution in [3.8, 4) is 0 Å². The maximum absolute atomic E-state index is 11.6. The molecule has 0 bridgehead atoms. The van der Waals surface area contributed by atoms with E-state index in [2.05, 4.69) is 10.5 Å². The van der Waals surface area contributed by atoms with E-state index in [1.807, 2.05) is 0 Å². The average Bonchev–Trinajstić information content (AvgIpc) is 2.35. The minimum absolute atomic E-state index is 0.0719. The van der Waals surface area contributed by atoms with Gasteiger partial charge in [0.25, 0.3) is 0 Å². The van der Waals surface area contributed by atoms with Crippen molar-refractivity contribution in [2.45, 2.75) is 19.8 Å². The second kappa shape index (κ2) is 6.32. The highest BCUT2D eigenvalue weighted by molar-refractivity contribution is 6.01. The molecular weight excluding hydrogens is 210 g/mol. The Kier molecular flexibility index (Phi) is 5.04. The third-order valence-corrected chi connectivity index (χ3v) is 2.77. The molecule has 0 radical (unpaired) electrons. The van der Waals surface area contributed by atoms with E-state index in [1.54, 1.807) is 6.92 Å². The molecule has 6 nitrogen and oxygen atoms in total. The van der Waals surface area contributed by atoms with Gasteiger partial charge in [-0.25, -0.2) is 0 Å². The first-order valence-corrected chi connectivity index (χ1v) is 5.48. The van der Waals surface area contributed by atoms with Crippen LogP contribution in [0.25, 0.3) is 0 Å². The van der Waals surface area contributed by atoms with Gasteiger partial charge in [0.2, 0.25) is 5.91 Å². The summed E-state index contributed by atoms with van der Waals surface area (Å²) in [6, 6.07) is 0. The Hall–Kier alpha value is -1.30. The molecule has 4 N–H and O–H groups in total. The van der Waals surface area contributed by atoms with Crippen molar-refractivity contribution in [3.63, 3.8) is 0 Å². The molecule has 0 spiro atoms. The molecule has 1 rings (SSSR count). The van der Waals surface area contributed by atoms with Crippen LogP contribution in [0, 0.1) is 11.8 Å². The summed E-state index contributed by atoms with van der Waals surface area (Å²) in [7, 11) is 0. The summed E-state index contributed by atoms with van der Waals surface area (Å²) in [5.41, 5.74) is 5.34. The lowest BCUT2D eigenvalue weighted by Crippen LogP contribution is -2.40. The lowest BCUT2D eigenvalue weighted by atomic mass is 10.0. The summed E-state index contributed by atoms with van der Waals surface area (Å²) >= 11 is 0. The van der Waals surface area contributed by atoms with Crippen molar-refractivity contribution in [3.05, 3.63) is 0 Å². The largest absolute Gasteiger partial charge is 0.409 e. The molecule has 1 saturated heterocycles. The summed E-state index contributed by atoms with van der Waals surface area (Å²) in [5.74, 6) is -0.523. The Balaban J connectivity index is 2.28. The molecule has 1 fully saturated rings. The SMILES string of the molecule is CC(C(=O)NCC1CCCOC1)C(N)=NO. The molecule has 1 aliphatic rings. The van der Waals surface area contributed by atoms with E-state index < -0.39 is 5.92 Å². The standard InChI is InChI=1S/C10H19N3O3/c1-7(9(11)13-15)10(14)12-5-8-3-2-4-16-6-8/h7-8,15H,2-6H2,1H3,(H2,11,13)(H,12,14). The Morgan fingerprint density at radius 1 is 1.75 bits per heavy atom. The van der Waals surface area contributed by atoms with Gasteiger partial charge in [0.15, 0.2) is 5.84 Å². The van der Waals surface area contributed by atoms with E-state index in [0.717, 1.165) is 19.4 Å². The van der Waals surface area contributed by atoms with Crippen LogP contribution in [0.4, 0.5) is 0 Å². The quantitative estimate of drug-likeness (QED) is 0.272. The van der Waals surface area contributed by atoms with E-state index >= 15 is 0 Å². The van der Waals surface area contributed by atoms with E-state index in [9.17, 15) is 4.79 Å². The molecule has 2 atom stereocenters. The molecule has 0 aliphatic carbocycles. The molecule has 0 aromatic heterocycles. The van der Waals surface area contributed by atoms with Crippen LogP contribution in [0.15, 0.2) is 5.16 Å². The van der Waals surface area contributed by atoms with E-state index in [0.29, 0.717) is 19.1 Å². The third-order valence-electron chi connectivity index (χ3n) is 2.77. The molecule has 0 aromatic carbocycles. The predicted molar refractivity (Wildman–Crippen MR) is 59.1 cm³/mol. The molecule has 1 aliphatic heterocycles. The second-order valence-electron chi connectivity index (χ2n) is 4.07. The van der Waals surface area contributed by atoms with Gasteiger partial charge in [0.05, 0.1) is 12.5 Å². The van der Waals surface area contributed by atoms with Gasteiger partial charge in [-0.3, -0.25) is 4.79 Å².